The molecule has 26 heavy (non-hydrogen) atoms. The second-order valence-corrected chi connectivity index (χ2v) is 6.53. The molecule has 0 aromatic heterocycles. The third-order valence-corrected chi connectivity index (χ3v) is 4.70. The molecule has 1 aliphatic rings. The average Bonchev–Trinajstić information content (AvgIpc) is 3.38. The Balaban J connectivity index is 1.60. The van der Waals surface area contributed by atoms with Crippen molar-refractivity contribution >= 4 is 17.6 Å². The van der Waals surface area contributed by atoms with Gasteiger partial charge in [-0.1, -0.05) is 23.7 Å². The van der Waals surface area contributed by atoms with E-state index in [-0.39, 0.29) is 17.8 Å². The smallest absolute Gasteiger partial charge is 0.189 e. The Morgan fingerprint density at radius 2 is 2.04 bits per heavy atom. The number of guanidine groups is 1. The number of rotatable bonds is 6. The minimum atomic E-state index is -0.285. The van der Waals surface area contributed by atoms with Gasteiger partial charge >= 0.3 is 0 Å². The summed E-state index contributed by atoms with van der Waals surface area (Å²) < 4.78 is 24.4. The number of methoxy groups -OCH3 is 2. The zero-order chi connectivity index (χ0) is 18.7. The number of nitrogens with two attached hydrogens (primary N) is 1. The van der Waals surface area contributed by atoms with Gasteiger partial charge in [0.2, 0.25) is 0 Å². The molecule has 1 fully saturated rings. The Kier molecular flexibility index (Phi) is 5.52. The fraction of sp³-hybridized carbons (Fsp3) is 0.316. The van der Waals surface area contributed by atoms with Crippen molar-refractivity contribution < 1.29 is 13.9 Å². The summed E-state index contributed by atoms with van der Waals surface area (Å²) in [6.07, 6.45) is 0.771. The van der Waals surface area contributed by atoms with Crippen molar-refractivity contribution in [3.05, 3.63) is 58.4 Å². The van der Waals surface area contributed by atoms with Crippen LogP contribution in [0.2, 0.25) is 5.02 Å². The van der Waals surface area contributed by atoms with Crippen LogP contribution in [0.25, 0.3) is 0 Å². The molecule has 2 atom stereocenters. The summed E-state index contributed by atoms with van der Waals surface area (Å²) in [4.78, 5) is 4.34. The van der Waals surface area contributed by atoms with Gasteiger partial charge in [-0.25, -0.2) is 9.38 Å². The molecule has 2 aromatic carbocycles. The van der Waals surface area contributed by atoms with Crippen LogP contribution in [-0.4, -0.2) is 26.2 Å². The first-order valence-corrected chi connectivity index (χ1v) is 8.62. The summed E-state index contributed by atoms with van der Waals surface area (Å²) in [6.45, 7) is 0.400. The zero-order valence-corrected chi connectivity index (χ0v) is 15.4. The molecule has 0 amide bonds. The summed E-state index contributed by atoms with van der Waals surface area (Å²) in [5.41, 5.74) is 7.44. The Hall–Kier alpha value is -2.47. The molecular formula is C19H21ClFN3O2. The molecule has 2 unspecified atom stereocenters. The fourth-order valence-electron chi connectivity index (χ4n) is 2.93. The number of benzene rings is 2. The Labute approximate surface area is 157 Å². The van der Waals surface area contributed by atoms with Gasteiger partial charge in [-0.05, 0) is 36.2 Å². The molecule has 3 rings (SSSR count). The summed E-state index contributed by atoms with van der Waals surface area (Å²) in [5.74, 6) is 1.35. The number of nitrogens with one attached hydrogen (secondary N) is 1. The zero-order valence-electron chi connectivity index (χ0n) is 14.6. The van der Waals surface area contributed by atoms with Crippen LogP contribution < -0.4 is 20.5 Å². The molecular weight excluding hydrogens is 357 g/mol. The molecule has 3 N–H and O–H groups in total. The summed E-state index contributed by atoms with van der Waals surface area (Å²) in [6, 6.07) is 10.3. The Bertz CT molecular complexity index is 808. The topological polar surface area (TPSA) is 68.9 Å². The minimum Gasteiger partial charge on any atom is -0.493 e. The number of hydrogen-bond acceptors (Lipinski definition) is 3. The summed E-state index contributed by atoms with van der Waals surface area (Å²) >= 11 is 6.11. The van der Waals surface area contributed by atoms with Crippen LogP contribution in [0, 0.1) is 5.82 Å². The second-order valence-electron chi connectivity index (χ2n) is 6.12. The van der Waals surface area contributed by atoms with E-state index in [1.54, 1.807) is 26.4 Å². The van der Waals surface area contributed by atoms with E-state index in [1.807, 2.05) is 18.2 Å². The summed E-state index contributed by atoms with van der Waals surface area (Å²) in [7, 11) is 3.17. The first kappa shape index (κ1) is 18.3. The highest BCUT2D eigenvalue weighted by molar-refractivity contribution is 6.31. The van der Waals surface area contributed by atoms with Crippen molar-refractivity contribution in [2.45, 2.75) is 24.9 Å². The lowest BCUT2D eigenvalue weighted by Gasteiger charge is -2.09. The van der Waals surface area contributed by atoms with Gasteiger partial charge in [-0.3, -0.25) is 0 Å². The Morgan fingerprint density at radius 3 is 2.73 bits per heavy atom. The average molecular weight is 378 g/mol. The molecule has 0 heterocycles. The molecule has 0 spiro atoms. The van der Waals surface area contributed by atoms with Gasteiger partial charge < -0.3 is 20.5 Å². The molecule has 1 saturated carbocycles. The van der Waals surface area contributed by atoms with Gasteiger partial charge in [-0.15, -0.1) is 0 Å². The standard InChI is InChI=1S/C19H21ClFN3O2/c1-25-16-7-6-11(8-17(16)26-2)10-23-19(22)24-15-9-12(15)18-13(20)4-3-5-14(18)21/h3-8,12,15H,9-10H2,1-2H3,(H3,22,23,24). The van der Waals surface area contributed by atoms with E-state index < -0.39 is 0 Å². The fourth-order valence-corrected chi connectivity index (χ4v) is 3.23. The monoisotopic (exact) mass is 377 g/mol. The molecule has 0 aliphatic heterocycles. The van der Waals surface area contributed by atoms with E-state index >= 15 is 0 Å². The maximum Gasteiger partial charge on any atom is 0.189 e. The predicted octanol–water partition coefficient (Wildman–Crippen LogP) is 3.46. The lowest BCUT2D eigenvalue weighted by Crippen LogP contribution is -2.34. The summed E-state index contributed by atoms with van der Waals surface area (Å²) in [5, 5.41) is 3.57. The maximum atomic E-state index is 14.0. The number of ether oxygens (including phenoxy) is 2. The van der Waals surface area contributed by atoms with Crippen molar-refractivity contribution in [3.8, 4) is 11.5 Å². The van der Waals surface area contributed by atoms with Crippen LogP contribution in [0.3, 0.4) is 0 Å². The predicted molar refractivity (Wildman–Crippen MR) is 101 cm³/mol. The lowest BCUT2D eigenvalue weighted by atomic mass is 10.1. The van der Waals surface area contributed by atoms with Gasteiger partial charge in [0.1, 0.15) is 5.82 Å². The molecule has 0 bridgehead atoms. The molecule has 2 aromatic rings. The van der Waals surface area contributed by atoms with Crippen LogP contribution in [0.1, 0.15) is 23.5 Å². The van der Waals surface area contributed by atoms with Crippen molar-refractivity contribution in [1.82, 2.24) is 5.32 Å². The van der Waals surface area contributed by atoms with E-state index in [1.165, 1.54) is 6.07 Å². The van der Waals surface area contributed by atoms with Crippen LogP contribution in [0.15, 0.2) is 41.4 Å². The molecule has 5 nitrogen and oxygen atoms in total. The third-order valence-electron chi connectivity index (χ3n) is 4.37. The number of nitrogens with zero attached hydrogens (tertiary/aromatic N) is 1. The molecule has 0 radical (unpaired) electrons. The first-order valence-electron chi connectivity index (χ1n) is 8.24. The highest BCUT2D eigenvalue weighted by atomic mass is 35.5. The number of aliphatic imine (C=N–C) groups is 1. The van der Waals surface area contributed by atoms with E-state index in [4.69, 9.17) is 26.8 Å². The van der Waals surface area contributed by atoms with E-state index in [2.05, 4.69) is 10.3 Å². The van der Waals surface area contributed by atoms with Crippen molar-refractivity contribution in [2.75, 3.05) is 14.2 Å². The van der Waals surface area contributed by atoms with E-state index in [0.29, 0.717) is 34.6 Å². The normalized spacial score (nSPS) is 19.2. The highest BCUT2D eigenvalue weighted by Gasteiger charge is 2.41. The third kappa shape index (κ3) is 4.02. The number of hydrogen-bond donors (Lipinski definition) is 2. The van der Waals surface area contributed by atoms with Crippen LogP contribution in [0.5, 0.6) is 11.5 Å². The van der Waals surface area contributed by atoms with Crippen LogP contribution in [0.4, 0.5) is 4.39 Å². The molecule has 138 valence electrons. The maximum absolute atomic E-state index is 14.0. The van der Waals surface area contributed by atoms with Crippen molar-refractivity contribution in [2.24, 2.45) is 10.7 Å². The highest BCUT2D eigenvalue weighted by Crippen LogP contribution is 2.44. The minimum absolute atomic E-state index is 0.0125. The SMILES string of the molecule is COc1ccc(CN=C(N)NC2CC2c2c(F)cccc2Cl)cc1OC. The Morgan fingerprint density at radius 1 is 1.27 bits per heavy atom. The van der Waals surface area contributed by atoms with Gasteiger partial charge in [0.25, 0.3) is 0 Å². The van der Waals surface area contributed by atoms with Crippen molar-refractivity contribution in [1.29, 1.82) is 0 Å². The molecule has 0 saturated heterocycles. The van der Waals surface area contributed by atoms with Gasteiger partial charge in [0, 0.05) is 22.5 Å². The van der Waals surface area contributed by atoms with Gasteiger partial charge in [0.15, 0.2) is 17.5 Å². The number of halogens is 2. The molecule has 7 heteroatoms. The van der Waals surface area contributed by atoms with Crippen LogP contribution in [-0.2, 0) is 6.54 Å². The quantitative estimate of drug-likeness (QED) is 0.597. The van der Waals surface area contributed by atoms with Gasteiger partial charge in [-0.2, -0.15) is 0 Å². The first-order chi connectivity index (χ1) is 12.5. The van der Waals surface area contributed by atoms with Crippen molar-refractivity contribution in [3.63, 3.8) is 0 Å². The lowest BCUT2D eigenvalue weighted by molar-refractivity contribution is 0.354. The molecule has 1 aliphatic carbocycles. The van der Waals surface area contributed by atoms with E-state index in [9.17, 15) is 4.39 Å². The van der Waals surface area contributed by atoms with E-state index in [0.717, 1.165) is 12.0 Å². The second kappa shape index (κ2) is 7.83. The largest absolute Gasteiger partial charge is 0.493 e. The van der Waals surface area contributed by atoms with Crippen LogP contribution >= 0.6 is 11.6 Å². The van der Waals surface area contributed by atoms with Gasteiger partial charge in [0.05, 0.1) is 20.8 Å².